The Morgan fingerprint density at radius 2 is 1.92 bits per heavy atom. The van der Waals surface area contributed by atoms with Gasteiger partial charge in [0.25, 0.3) is 5.91 Å². The number of nitrogens with one attached hydrogen (secondary N) is 1. The molecule has 186 valence electrons. The Kier molecular flexibility index (Phi) is 6.69. The molecule has 0 saturated carbocycles. The Balaban J connectivity index is 1.31. The fourth-order valence-electron chi connectivity index (χ4n) is 4.77. The molecule has 1 N–H and O–H groups in total. The standard InChI is InChI=1S/C28H30N4O3S/c1-19-7-4-5-8-22(19)18-32-25(15-21-11-14-36-27(21)32)26(33)30-12-13-31(20(2)17-30)28(34)29-23-9-6-10-24(16-23)35-3/h4-11,14-16,20H,12-13,17-18H2,1-3H3,(H,29,34). The second-order valence-corrected chi connectivity index (χ2v) is 10.1. The van der Waals surface area contributed by atoms with E-state index in [9.17, 15) is 9.59 Å². The van der Waals surface area contributed by atoms with E-state index in [1.165, 1.54) is 11.1 Å². The van der Waals surface area contributed by atoms with Gasteiger partial charge in [-0.25, -0.2) is 4.79 Å². The van der Waals surface area contributed by atoms with Crippen LogP contribution in [0.1, 0.15) is 28.5 Å². The molecule has 3 heterocycles. The smallest absolute Gasteiger partial charge is 0.322 e. The highest BCUT2D eigenvalue weighted by Crippen LogP contribution is 2.28. The van der Waals surface area contributed by atoms with E-state index in [1.54, 1.807) is 29.4 Å². The van der Waals surface area contributed by atoms with Crippen LogP contribution in [0.15, 0.2) is 66.0 Å². The lowest BCUT2D eigenvalue weighted by atomic mass is 10.1. The Labute approximate surface area is 214 Å². The monoisotopic (exact) mass is 502 g/mol. The average Bonchev–Trinajstić information content (AvgIpc) is 3.47. The zero-order chi connectivity index (χ0) is 25.2. The number of carbonyl (C=O) groups is 2. The number of fused-ring (bicyclic) bond motifs is 1. The number of ether oxygens (including phenoxy) is 1. The molecule has 7 nitrogen and oxygen atoms in total. The minimum atomic E-state index is -0.175. The summed E-state index contributed by atoms with van der Waals surface area (Å²) in [6.07, 6.45) is 0. The fourth-order valence-corrected chi connectivity index (χ4v) is 5.67. The van der Waals surface area contributed by atoms with Crippen molar-refractivity contribution in [3.8, 4) is 5.75 Å². The Morgan fingerprint density at radius 1 is 1.08 bits per heavy atom. The molecule has 3 amide bonds. The van der Waals surface area contributed by atoms with Crippen LogP contribution >= 0.6 is 11.3 Å². The third-order valence-electron chi connectivity index (χ3n) is 6.81. The maximum atomic E-state index is 13.7. The van der Waals surface area contributed by atoms with Gasteiger partial charge in [-0.3, -0.25) is 4.79 Å². The second-order valence-electron chi connectivity index (χ2n) is 9.18. The molecule has 1 aliphatic heterocycles. The number of aryl methyl sites for hydroxylation is 1. The zero-order valence-electron chi connectivity index (χ0n) is 20.7. The van der Waals surface area contributed by atoms with Crippen LogP contribution in [-0.2, 0) is 6.54 Å². The molecule has 8 heteroatoms. The maximum Gasteiger partial charge on any atom is 0.322 e. The number of piperazine rings is 1. The lowest BCUT2D eigenvalue weighted by molar-refractivity contribution is 0.0583. The number of thiophene rings is 1. The topological polar surface area (TPSA) is 66.8 Å². The number of hydrogen-bond acceptors (Lipinski definition) is 4. The molecule has 5 rings (SSSR count). The van der Waals surface area contributed by atoms with Gasteiger partial charge >= 0.3 is 6.03 Å². The number of amides is 3. The lowest BCUT2D eigenvalue weighted by Gasteiger charge is -2.39. The van der Waals surface area contributed by atoms with Crippen LogP contribution in [0.4, 0.5) is 10.5 Å². The highest BCUT2D eigenvalue weighted by atomic mass is 32.1. The predicted octanol–water partition coefficient (Wildman–Crippen LogP) is 5.45. The summed E-state index contributed by atoms with van der Waals surface area (Å²) < 4.78 is 7.38. The van der Waals surface area contributed by atoms with Crippen molar-refractivity contribution in [3.05, 3.63) is 82.9 Å². The van der Waals surface area contributed by atoms with Crippen molar-refractivity contribution in [2.24, 2.45) is 0 Å². The number of anilines is 1. The van der Waals surface area contributed by atoms with E-state index in [-0.39, 0.29) is 18.0 Å². The third kappa shape index (κ3) is 4.68. The molecule has 4 aromatic rings. The molecule has 36 heavy (non-hydrogen) atoms. The van der Waals surface area contributed by atoms with Crippen LogP contribution in [-0.4, -0.2) is 59.1 Å². The van der Waals surface area contributed by atoms with Gasteiger partial charge in [0.1, 0.15) is 16.3 Å². The first-order valence-corrected chi connectivity index (χ1v) is 12.9. The first-order valence-electron chi connectivity index (χ1n) is 12.1. The molecule has 2 aromatic carbocycles. The summed E-state index contributed by atoms with van der Waals surface area (Å²) >= 11 is 1.65. The van der Waals surface area contributed by atoms with Gasteiger partial charge in [0, 0.05) is 49.4 Å². The minimum Gasteiger partial charge on any atom is -0.497 e. The molecule has 1 atom stereocenters. The molecule has 1 unspecified atom stereocenters. The summed E-state index contributed by atoms with van der Waals surface area (Å²) in [5.41, 5.74) is 3.78. The number of methoxy groups -OCH3 is 1. The van der Waals surface area contributed by atoms with Gasteiger partial charge in [0.05, 0.1) is 7.11 Å². The number of nitrogens with zero attached hydrogens (tertiary/aromatic N) is 3. The molecular weight excluding hydrogens is 472 g/mol. The van der Waals surface area contributed by atoms with Crippen LogP contribution in [0, 0.1) is 6.92 Å². The van der Waals surface area contributed by atoms with Gasteiger partial charge < -0.3 is 24.4 Å². The van der Waals surface area contributed by atoms with Crippen molar-refractivity contribution in [2.45, 2.75) is 26.4 Å². The van der Waals surface area contributed by atoms with Crippen LogP contribution in [0.25, 0.3) is 10.2 Å². The first-order chi connectivity index (χ1) is 17.4. The summed E-state index contributed by atoms with van der Waals surface area (Å²) in [5, 5.41) is 6.10. The van der Waals surface area contributed by atoms with Crippen molar-refractivity contribution in [2.75, 3.05) is 32.1 Å². The summed E-state index contributed by atoms with van der Waals surface area (Å²) in [4.78, 5) is 31.4. The Morgan fingerprint density at radius 3 is 2.69 bits per heavy atom. The van der Waals surface area contributed by atoms with E-state index in [1.807, 2.05) is 48.2 Å². The molecule has 1 fully saturated rings. The van der Waals surface area contributed by atoms with Crippen molar-refractivity contribution in [3.63, 3.8) is 0 Å². The molecule has 0 spiro atoms. The fraction of sp³-hybridized carbons (Fsp3) is 0.286. The Bertz CT molecular complexity index is 1410. The van der Waals surface area contributed by atoms with Crippen molar-refractivity contribution in [1.82, 2.24) is 14.4 Å². The number of urea groups is 1. The van der Waals surface area contributed by atoms with Crippen LogP contribution in [0.5, 0.6) is 5.75 Å². The van der Waals surface area contributed by atoms with E-state index in [2.05, 4.69) is 40.4 Å². The van der Waals surface area contributed by atoms with Crippen molar-refractivity contribution < 1.29 is 14.3 Å². The number of benzene rings is 2. The molecule has 0 radical (unpaired) electrons. The highest BCUT2D eigenvalue weighted by molar-refractivity contribution is 7.16. The normalized spacial score (nSPS) is 15.8. The zero-order valence-corrected chi connectivity index (χ0v) is 21.5. The minimum absolute atomic E-state index is 0.00619. The van der Waals surface area contributed by atoms with E-state index in [0.29, 0.717) is 43.3 Å². The summed E-state index contributed by atoms with van der Waals surface area (Å²) in [6.45, 7) is 6.16. The van der Waals surface area contributed by atoms with Crippen molar-refractivity contribution in [1.29, 1.82) is 0 Å². The SMILES string of the molecule is COc1cccc(NC(=O)N2CCN(C(=O)c3cc4ccsc4n3Cc3ccccc3C)CC2C)c1. The number of rotatable bonds is 5. The predicted molar refractivity (Wildman–Crippen MR) is 144 cm³/mol. The van der Waals surface area contributed by atoms with E-state index in [0.717, 1.165) is 10.2 Å². The van der Waals surface area contributed by atoms with Gasteiger partial charge in [0.2, 0.25) is 0 Å². The first kappa shape index (κ1) is 23.9. The number of aromatic nitrogens is 1. The maximum absolute atomic E-state index is 13.7. The quantitative estimate of drug-likeness (QED) is 0.395. The van der Waals surface area contributed by atoms with Gasteiger partial charge in [-0.1, -0.05) is 30.3 Å². The third-order valence-corrected chi connectivity index (χ3v) is 7.76. The second kappa shape index (κ2) is 10.1. The Hall–Kier alpha value is -3.78. The van der Waals surface area contributed by atoms with E-state index < -0.39 is 0 Å². The van der Waals surface area contributed by atoms with Gasteiger partial charge in [-0.05, 0) is 54.6 Å². The van der Waals surface area contributed by atoms with Crippen LogP contribution < -0.4 is 10.1 Å². The van der Waals surface area contributed by atoms with E-state index >= 15 is 0 Å². The molecule has 1 aliphatic rings. The van der Waals surface area contributed by atoms with Crippen molar-refractivity contribution >= 4 is 39.2 Å². The summed E-state index contributed by atoms with van der Waals surface area (Å²) in [5.74, 6) is 0.691. The molecule has 2 aromatic heterocycles. The average molecular weight is 503 g/mol. The molecule has 1 saturated heterocycles. The highest BCUT2D eigenvalue weighted by Gasteiger charge is 2.32. The van der Waals surface area contributed by atoms with Crippen LogP contribution in [0.3, 0.4) is 0 Å². The van der Waals surface area contributed by atoms with Gasteiger partial charge in [0.15, 0.2) is 0 Å². The summed E-state index contributed by atoms with van der Waals surface area (Å²) in [6, 6.07) is 19.4. The number of carbonyl (C=O) groups excluding carboxylic acids is 2. The number of hydrogen-bond donors (Lipinski definition) is 1. The van der Waals surface area contributed by atoms with Gasteiger partial charge in [-0.15, -0.1) is 11.3 Å². The van der Waals surface area contributed by atoms with E-state index in [4.69, 9.17) is 4.74 Å². The largest absolute Gasteiger partial charge is 0.497 e. The molecule has 0 bridgehead atoms. The molecule has 0 aliphatic carbocycles. The lowest BCUT2D eigenvalue weighted by Crippen LogP contribution is -2.56. The van der Waals surface area contributed by atoms with Crippen LogP contribution in [0.2, 0.25) is 0 Å². The summed E-state index contributed by atoms with van der Waals surface area (Å²) in [7, 11) is 1.60. The van der Waals surface area contributed by atoms with Gasteiger partial charge in [-0.2, -0.15) is 0 Å². The molecular formula is C28H30N4O3S.